The van der Waals surface area contributed by atoms with Crippen molar-refractivity contribution in [2.45, 2.75) is 13.3 Å². The predicted molar refractivity (Wildman–Crippen MR) is 46.2 cm³/mol. The third-order valence-corrected chi connectivity index (χ3v) is 1.54. The van der Waals surface area contributed by atoms with Crippen LogP contribution >= 0.6 is 0 Å². The minimum Gasteiger partial charge on any atom is -0.496 e. The first-order valence-corrected chi connectivity index (χ1v) is 3.77. The minimum atomic E-state index is 0.132. The first-order chi connectivity index (χ1) is 5.74. The van der Waals surface area contributed by atoms with Gasteiger partial charge in [-0.2, -0.15) is 0 Å². The molecule has 0 aliphatic carbocycles. The number of methoxy groups -OCH3 is 1. The molecule has 12 heavy (non-hydrogen) atoms. The fourth-order valence-corrected chi connectivity index (χ4v) is 1.05. The van der Waals surface area contributed by atoms with Crippen LogP contribution in [0.5, 0.6) is 5.75 Å². The van der Waals surface area contributed by atoms with E-state index in [4.69, 9.17) is 4.74 Å². The quantitative estimate of drug-likeness (QED) is 0.677. The Bertz CT molecular complexity index is 279. The molecular formula is C10H11O2. The Hall–Kier alpha value is -1.31. The molecule has 0 aliphatic rings. The van der Waals surface area contributed by atoms with Gasteiger partial charge in [0, 0.05) is 18.1 Å². The molecule has 0 saturated heterocycles. The van der Waals surface area contributed by atoms with Crippen LogP contribution in [0, 0.1) is 6.07 Å². The van der Waals surface area contributed by atoms with Crippen LogP contribution in [0.25, 0.3) is 0 Å². The lowest BCUT2D eigenvalue weighted by Crippen LogP contribution is -1.98. The molecule has 0 spiro atoms. The van der Waals surface area contributed by atoms with Crippen molar-refractivity contribution in [2.75, 3.05) is 7.11 Å². The molecule has 2 heteroatoms. The third-order valence-electron chi connectivity index (χ3n) is 1.54. The molecule has 1 rings (SSSR count). The zero-order valence-electron chi connectivity index (χ0n) is 7.26. The summed E-state index contributed by atoms with van der Waals surface area (Å²) in [6, 6.07) is 8.40. The van der Waals surface area contributed by atoms with E-state index < -0.39 is 0 Å². The van der Waals surface area contributed by atoms with Crippen LogP contribution in [-0.4, -0.2) is 12.9 Å². The second kappa shape index (κ2) is 3.90. The SMILES string of the molecule is COc1[c]cccc1CC(C)=O. The summed E-state index contributed by atoms with van der Waals surface area (Å²) in [5, 5.41) is 0. The molecular weight excluding hydrogens is 152 g/mol. The molecule has 0 saturated carbocycles. The van der Waals surface area contributed by atoms with E-state index in [0.29, 0.717) is 12.2 Å². The molecule has 2 nitrogen and oxygen atoms in total. The summed E-state index contributed by atoms with van der Waals surface area (Å²) in [6.45, 7) is 1.56. The number of Topliss-reactive ketones (excluding diaryl/α,β-unsaturated/α-hetero) is 1. The Kier molecular flexibility index (Phi) is 2.86. The van der Waals surface area contributed by atoms with E-state index >= 15 is 0 Å². The van der Waals surface area contributed by atoms with Gasteiger partial charge in [0.2, 0.25) is 0 Å². The van der Waals surface area contributed by atoms with E-state index in [1.54, 1.807) is 20.1 Å². The number of para-hydroxylation sites is 1. The van der Waals surface area contributed by atoms with Gasteiger partial charge >= 0.3 is 0 Å². The Morgan fingerprint density at radius 1 is 1.67 bits per heavy atom. The van der Waals surface area contributed by atoms with Gasteiger partial charge in [-0.1, -0.05) is 18.2 Å². The zero-order chi connectivity index (χ0) is 8.97. The van der Waals surface area contributed by atoms with E-state index in [-0.39, 0.29) is 5.78 Å². The fraction of sp³-hybridized carbons (Fsp3) is 0.300. The molecule has 0 amide bonds. The van der Waals surface area contributed by atoms with Crippen molar-refractivity contribution >= 4 is 5.78 Å². The lowest BCUT2D eigenvalue weighted by atomic mass is 10.1. The molecule has 0 aromatic heterocycles. The maximum atomic E-state index is 10.8. The van der Waals surface area contributed by atoms with Gasteiger partial charge in [0.25, 0.3) is 0 Å². The summed E-state index contributed by atoms with van der Waals surface area (Å²) in [6.07, 6.45) is 0.417. The van der Waals surface area contributed by atoms with Gasteiger partial charge in [-0.15, -0.1) is 0 Å². The summed E-state index contributed by atoms with van der Waals surface area (Å²) in [7, 11) is 1.58. The van der Waals surface area contributed by atoms with E-state index in [2.05, 4.69) is 6.07 Å². The molecule has 63 valence electrons. The topological polar surface area (TPSA) is 26.3 Å². The van der Waals surface area contributed by atoms with Crippen molar-refractivity contribution in [1.82, 2.24) is 0 Å². The van der Waals surface area contributed by atoms with Crippen LogP contribution in [0.1, 0.15) is 12.5 Å². The van der Waals surface area contributed by atoms with Crippen molar-refractivity contribution in [3.05, 3.63) is 29.8 Å². The van der Waals surface area contributed by atoms with Gasteiger partial charge < -0.3 is 4.74 Å². The molecule has 0 atom stereocenters. The highest BCUT2D eigenvalue weighted by molar-refractivity contribution is 5.78. The van der Waals surface area contributed by atoms with Crippen LogP contribution in [0.15, 0.2) is 18.2 Å². The second-order valence-electron chi connectivity index (χ2n) is 2.61. The highest BCUT2D eigenvalue weighted by Gasteiger charge is 2.03. The Labute approximate surface area is 72.2 Å². The van der Waals surface area contributed by atoms with Gasteiger partial charge in [-0.3, -0.25) is 4.79 Å². The molecule has 0 heterocycles. The van der Waals surface area contributed by atoms with E-state index in [1.807, 2.05) is 12.1 Å². The van der Waals surface area contributed by atoms with Crippen LogP contribution < -0.4 is 4.74 Å². The summed E-state index contributed by atoms with van der Waals surface area (Å²) in [5.41, 5.74) is 0.896. The molecule has 0 unspecified atom stereocenters. The summed E-state index contributed by atoms with van der Waals surface area (Å²) < 4.78 is 5.04. The Balaban J connectivity index is 2.89. The number of rotatable bonds is 3. The van der Waals surface area contributed by atoms with Crippen LogP contribution in [0.4, 0.5) is 0 Å². The highest BCUT2D eigenvalue weighted by Crippen LogP contribution is 2.16. The van der Waals surface area contributed by atoms with Crippen LogP contribution in [0.3, 0.4) is 0 Å². The molecule has 1 aromatic rings. The molecule has 1 radical (unpaired) electrons. The molecule has 1 aromatic carbocycles. The largest absolute Gasteiger partial charge is 0.496 e. The highest BCUT2D eigenvalue weighted by atomic mass is 16.5. The zero-order valence-corrected chi connectivity index (χ0v) is 7.26. The van der Waals surface area contributed by atoms with Crippen molar-refractivity contribution < 1.29 is 9.53 Å². The Morgan fingerprint density at radius 3 is 3.00 bits per heavy atom. The van der Waals surface area contributed by atoms with Crippen molar-refractivity contribution in [3.63, 3.8) is 0 Å². The first-order valence-electron chi connectivity index (χ1n) is 3.77. The smallest absolute Gasteiger partial charge is 0.134 e. The average molecular weight is 163 g/mol. The lowest BCUT2D eigenvalue weighted by molar-refractivity contribution is -0.116. The lowest BCUT2D eigenvalue weighted by Gasteiger charge is -2.04. The molecule has 0 bridgehead atoms. The summed E-state index contributed by atoms with van der Waals surface area (Å²) in [5.74, 6) is 0.792. The second-order valence-corrected chi connectivity index (χ2v) is 2.61. The van der Waals surface area contributed by atoms with E-state index in [1.165, 1.54) is 0 Å². The molecule has 0 fully saturated rings. The normalized spacial score (nSPS) is 9.50. The molecule has 0 N–H and O–H groups in total. The van der Waals surface area contributed by atoms with Gasteiger partial charge in [0.05, 0.1) is 7.11 Å². The number of ether oxygens (including phenoxy) is 1. The van der Waals surface area contributed by atoms with E-state index in [0.717, 1.165) is 5.56 Å². The number of carbonyl (C=O) groups excluding carboxylic acids is 1. The maximum absolute atomic E-state index is 10.8. The van der Waals surface area contributed by atoms with Gasteiger partial charge in [-0.05, 0) is 6.92 Å². The first kappa shape index (κ1) is 8.78. The average Bonchev–Trinajstić information content (AvgIpc) is 2.04. The fourth-order valence-electron chi connectivity index (χ4n) is 1.05. The summed E-state index contributed by atoms with van der Waals surface area (Å²) >= 11 is 0. The van der Waals surface area contributed by atoms with Gasteiger partial charge in [-0.25, -0.2) is 0 Å². The number of benzene rings is 1. The van der Waals surface area contributed by atoms with Crippen molar-refractivity contribution in [2.24, 2.45) is 0 Å². The minimum absolute atomic E-state index is 0.132. The third kappa shape index (κ3) is 2.09. The number of hydrogen-bond donors (Lipinski definition) is 0. The van der Waals surface area contributed by atoms with Crippen LogP contribution in [-0.2, 0) is 11.2 Å². The number of hydrogen-bond acceptors (Lipinski definition) is 2. The Morgan fingerprint density at radius 2 is 2.42 bits per heavy atom. The predicted octanol–water partition coefficient (Wildman–Crippen LogP) is 1.63. The molecule has 0 aliphatic heterocycles. The number of carbonyl (C=O) groups is 1. The van der Waals surface area contributed by atoms with E-state index in [9.17, 15) is 4.79 Å². The maximum Gasteiger partial charge on any atom is 0.134 e. The van der Waals surface area contributed by atoms with Crippen molar-refractivity contribution in [1.29, 1.82) is 0 Å². The number of ketones is 1. The monoisotopic (exact) mass is 163 g/mol. The standard InChI is InChI=1S/C10H11O2/c1-8(11)7-9-5-3-4-6-10(9)12-2/h3-5H,7H2,1-2H3. The van der Waals surface area contributed by atoms with Gasteiger partial charge in [0.15, 0.2) is 0 Å². The van der Waals surface area contributed by atoms with Crippen molar-refractivity contribution in [3.8, 4) is 5.75 Å². The summed E-state index contributed by atoms with van der Waals surface area (Å²) in [4.78, 5) is 10.8. The van der Waals surface area contributed by atoms with Gasteiger partial charge in [0.1, 0.15) is 11.5 Å². The van der Waals surface area contributed by atoms with Crippen LogP contribution in [0.2, 0.25) is 0 Å².